The molecular formula is C21H26BrNO2. The first-order valence-corrected chi connectivity index (χ1v) is 9.13. The number of halogens is 1. The van der Waals surface area contributed by atoms with Crippen molar-refractivity contribution >= 4 is 27.5 Å². The van der Waals surface area contributed by atoms with Crippen molar-refractivity contribution < 1.29 is 9.90 Å². The summed E-state index contributed by atoms with van der Waals surface area (Å²) in [6.07, 6.45) is 0. The van der Waals surface area contributed by atoms with Gasteiger partial charge in [-0.05, 0) is 52.3 Å². The highest BCUT2D eigenvalue weighted by Gasteiger charge is 2.21. The van der Waals surface area contributed by atoms with Crippen LogP contribution in [0.4, 0.5) is 5.69 Å². The summed E-state index contributed by atoms with van der Waals surface area (Å²) >= 11 is 3.33. The number of aromatic hydroxyl groups is 1. The molecule has 1 amide bonds. The van der Waals surface area contributed by atoms with E-state index in [1.807, 2.05) is 12.1 Å². The van der Waals surface area contributed by atoms with Crippen LogP contribution in [0.1, 0.15) is 63.0 Å². The number of benzene rings is 2. The number of rotatable bonds is 2. The largest absolute Gasteiger partial charge is 0.507 e. The lowest BCUT2D eigenvalue weighted by Gasteiger charge is -2.26. The van der Waals surface area contributed by atoms with E-state index in [0.29, 0.717) is 0 Å². The number of carbonyl (C=O) groups is 1. The number of carbonyl (C=O) groups excluding carboxylic acids is 1. The molecular weight excluding hydrogens is 378 g/mol. The molecule has 0 aliphatic heterocycles. The zero-order valence-corrected chi connectivity index (χ0v) is 17.3. The SMILES string of the molecule is CC(C)(C)c1cc(NC(=O)c2cc(Br)ccc2O)cc(C(C)(C)C)c1. The van der Waals surface area contributed by atoms with E-state index >= 15 is 0 Å². The Morgan fingerprint density at radius 3 is 1.92 bits per heavy atom. The molecule has 2 aromatic rings. The first-order valence-electron chi connectivity index (χ1n) is 8.34. The van der Waals surface area contributed by atoms with Crippen molar-refractivity contribution in [1.29, 1.82) is 0 Å². The monoisotopic (exact) mass is 403 g/mol. The van der Waals surface area contributed by atoms with Crippen molar-refractivity contribution in [2.75, 3.05) is 5.32 Å². The Balaban J connectivity index is 2.45. The molecule has 0 bridgehead atoms. The Labute approximate surface area is 158 Å². The van der Waals surface area contributed by atoms with Crippen LogP contribution in [0.2, 0.25) is 0 Å². The third-order valence-corrected chi connectivity index (χ3v) is 4.62. The Morgan fingerprint density at radius 1 is 0.920 bits per heavy atom. The van der Waals surface area contributed by atoms with Gasteiger partial charge >= 0.3 is 0 Å². The maximum atomic E-state index is 12.6. The van der Waals surface area contributed by atoms with Gasteiger partial charge in [0, 0.05) is 10.2 Å². The fourth-order valence-electron chi connectivity index (χ4n) is 2.45. The van der Waals surface area contributed by atoms with Crippen LogP contribution in [-0.4, -0.2) is 11.0 Å². The quantitative estimate of drug-likeness (QED) is 0.645. The van der Waals surface area contributed by atoms with Crippen molar-refractivity contribution in [3.8, 4) is 5.75 Å². The molecule has 0 spiro atoms. The summed E-state index contributed by atoms with van der Waals surface area (Å²) in [7, 11) is 0. The Morgan fingerprint density at radius 2 is 1.44 bits per heavy atom. The van der Waals surface area contributed by atoms with E-state index in [9.17, 15) is 9.90 Å². The number of phenolic OH excluding ortho intramolecular Hbond substituents is 1. The molecule has 0 radical (unpaired) electrons. The van der Waals surface area contributed by atoms with Gasteiger partial charge in [-0.3, -0.25) is 4.79 Å². The fourth-order valence-corrected chi connectivity index (χ4v) is 2.82. The molecule has 0 saturated heterocycles. The van der Waals surface area contributed by atoms with E-state index in [1.165, 1.54) is 6.07 Å². The molecule has 0 heterocycles. The molecule has 0 fully saturated rings. The number of hydrogen-bond acceptors (Lipinski definition) is 2. The van der Waals surface area contributed by atoms with E-state index in [1.54, 1.807) is 12.1 Å². The maximum absolute atomic E-state index is 12.6. The summed E-state index contributed by atoms with van der Waals surface area (Å²) in [6.45, 7) is 12.9. The molecule has 4 heteroatoms. The van der Waals surface area contributed by atoms with Gasteiger partial charge < -0.3 is 10.4 Å². The summed E-state index contributed by atoms with van der Waals surface area (Å²) in [5.41, 5.74) is 3.24. The van der Waals surface area contributed by atoms with Crippen molar-refractivity contribution in [3.05, 3.63) is 57.6 Å². The third-order valence-electron chi connectivity index (χ3n) is 4.13. The van der Waals surface area contributed by atoms with Crippen LogP contribution in [0, 0.1) is 0 Å². The maximum Gasteiger partial charge on any atom is 0.259 e. The van der Waals surface area contributed by atoms with Crippen molar-refractivity contribution in [3.63, 3.8) is 0 Å². The van der Waals surface area contributed by atoms with Crippen LogP contribution in [-0.2, 0) is 10.8 Å². The predicted octanol–water partition coefficient (Wildman–Crippen LogP) is 6.00. The molecule has 0 saturated carbocycles. The van der Waals surface area contributed by atoms with E-state index in [4.69, 9.17) is 0 Å². The Bertz CT molecular complexity index is 766. The lowest BCUT2D eigenvalue weighted by molar-refractivity contribution is 0.102. The molecule has 2 N–H and O–H groups in total. The molecule has 134 valence electrons. The molecule has 0 aliphatic rings. The highest BCUT2D eigenvalue weighted by molar-refractivity contribution is 9.10. The van der Waals surface area contributed by atoms with Gasteiger partial charge in [-0.2, -0.15) is 0 Å². The van der Waals surface area contributed by atoms with Crippen LogP contribution < -0.4 is 5.32 Å². The minimum absolute atomic E-state index is 0.0291. The van der Waals surface area contributed by atoms with Gasteiger partial charge in [0.2, 0.25) is 0 Å². The molecule has 25 heavy (non-hydrogen) atoms. The summed E-state index contributed by atoms with van der Waals surface area (Å²) in [4.78, 5) is 12.6. The van der Waals surface area contributed by atoms with E-state index < -0.39 is 0 Å². The zero-order chi connectivity index (χ0) is 19.0. The smallest absolute Gasteiger partial charge is 0.259 e. The van der Waals surface area contributed by atoms with Crippen LogP contribution in [0.3, 0.4) is 0 Å². The fraction of sp³-hybridized carbons (Fsp3) is 0.381. The molecule has 0 aromatic heterocycles. The Kier molecular flexibility index (Phi) is 5.33. The van der Waals surface area contributed by atoms with E-state index in [0.717, 1.165) is 21.3 Å². The summed E-state index contributed by atoms with van der Waals surface area (Å²) in [5.74, 6) is -0.367. The van der Waals surface area contributed by atoms with Gasteiger partial charge in [0.25, 0.3) is 5.91 Å². The standard InChI is InChI=1S/C21H26BrNO2/c1-20(2,3)13-9-14(21(4,5)6)11-16(10-13)23-19(25)17-12-15(22)7-8-18(17)24/h7-12,24H,1-6H3,(H,23,25). The highest BCUT2D eigenvalue weighted by atomic mass is 79.9. The summed E-state index contributed by atoms with van der Waals surface area (Å²) in [6, 6.07) is 11.0. The normalized spacial score (nSPS) is 12.1. The summed E-state index contributed by atoms with van der Waals surface area (Å²) < 4.78 is 0.745. The van der Waals surface area contributed by atoms with Crippen molar-refractivity contribution in [2.45, 2.75) is 52.4 Å². The van der Waals surface area contributed by atoms with Gasteiger partial charge in [-0.1, -0.05) is 63.5 Å². The van der Waals surface area contributed by atoms with Gasteiger partial charge in [-0.25, -0.2) is 0 Å². The van der Waals surface area contributed by atoms with Crippen LogP contribution in [0.5, 0.6) is 5.75 Å². The summed E-state index contributed by atoms with van der Waals surface area (Å²) in [5, 5.41) is 12.9. The number of amides is 1. The number of nitrogens with one attached hydrogen (secondary N) is 1. The third kappa shape index (κ3) is 4.85. The van der Waals surface area contributed by atoms with Crippen LogP contribution in [0.15, 0.2) is 40.9 Å². The minimum atomic E-state index is -0.329. The van der Waals surface area contributed by atoms with Gasteiger partial charge in [0.05, 0.1) is 5.56 Å². The van der Waals surface area contributed by atoms with Gasteiger partial charge in [0.15, 0.2) is 0 Å². The van der Waals surface area contributed by atoms with Crippen molar-refractivity contribution in [2.24, 2.45) is 0 Å². The second kappa shape index (κ2) is 6.83. The van der Waals surface area contributed by atoms with Gasteiger partial charge in [-0.15, -0.1) is 0 Å². The number of anilines is 1. The zero-order valence-electron chi connectivity index (χ0n) is 15.7. The average Bonchev–Trinajstić information content (AvgIpc) is 2.47. The van der Waals surface area contributed by atoms with Gasteiger partial charge in [0.1, 0.15) is 5.75 Å². The first-order chi connectivity index (χ1) is 11.4. The second-order valence-corrected chi connectivity index (χ2v) is 9.33. The predicted molar refractivity (Wildman–Crippen MR) is 108 cm³/mol. The molecule has 2 aromatic carbocycles. The van der Waals surface area contributed by atoms with E-state index in [-0.39, 0.29) is 28.1 Å². The molecule has 0 atom stereocenters. The lowest BCUT2D eigenvalue weighted by atomic mass is 9.80. The number of hydrogen-bond donors (Lipinski definition) is 2. The van der Waals surface area contributed by atoms with Crippen LogP contribution in [0.25, 0.3) is 0 Å². The minimum Gasteiger partial charge on any atom is -0.507 e. The van der Waals surface area contributed by atoms with Crippen molar-refractivity contribution in [1.82, 2.24) is 0 Å². The molecule has 0 aliphatic carbocycles. The topological polar surface area (TPSA) is 49.3 Å². The first kappa shape index (κ1) is 19.5. The molecule has 3 nitrogen and oxygen atoms in total. The van der Waals surface area contributed by atoms with Crippen LogP contribution >= 0.6 is 15.9 Å². The highest BCUT2D eigenvalue weighted by Crippen LogP contribution is 2.32. The Hall–Kier alpha value is -1.81. The molecule has 0 unspecified atom stereocenters. The lowest BCUT2D eigenvalue weighted by Crippen LogP contribution is -2.19. The van der Waals surface area contributed by atoms with E-state index in [2.05, 4.69) is 68.9 Å². The average molecular weight is 404 g/mol. The second-order valence-electron chi connectivity index (χ2n) is 8.41. The molecule has 2 rings (SSSR count). The number of phenols is 1.